The van der Waals surface area contributed by atoms with Gasteiger partial charge in [0.15, 0.2) is 0 Å². The Morgan fingerprint density at radius 3 is 2.53 bits per heavy atom. The number of rotatable bonds is 4. The molecule has 106 valence electrons. The highest BCUT2D eigenvalue weighted by Crippen LogP contribution is 2.34. The Kier molecular flexibility index (Phi) is 4.43. The van der Waals surface area contributed by atoms with Gasteiger partial charge in [-0.1, -0.05) is 18.9 Å². The van der Waals surface area contributed by atoms with Gasteiger partial charge < -0.3 is 5.73 Å². The molecule has 0 atom stereocenters. The number of hydrogen-bond donors (Lipinski definition) is 1. The first kappa shape index (κ1) is 14.7. The molecule has 1 aliphatic carbocycles. The van der Waals surface area contributed by atoms with Crippen molar-refractivity contribution < 1.29 is 8.42 Å². The SMILES string of the molecule is CSc1c(N)cccc1S(=O)(=O)N(C)C1CCCC1. The first-order chi connectivity index (χ1) is 8.98. The van der Waals surface area contributed by atoms with Crippen LogP contribution in [0, 0.1) is 0 Å². The highest BCUT2D eigenvalue weighted by Gasteiger charge is 2.31. The Hall–Kier alpha value is -0.720. The fourth-order valence-electron chi connectivity index (χ4n) is 2.57. The van der Waals surface area contributed by atoms with Gasteiger partial charge in [0.25, 0.3) is 0 Å². The molecule has 1 aromatic rings. The van der Waals surface area contributed by atoms with Crippen LogP contribution in [0.3, 0.4) is 0 Å². The van der Waals surface area contributed by atoms with E-state index >= 15 is 0 Å². The molecule has 0 heterocycles. The average Bonchev–Trinajstić information content (AvgIpc) is 2.91. The zero-order valence-electron chi connectivity index (χ0n) is 11.3. The summed E-state index contributed by atoms with van der Waals surface area (Å²) in [5, 5.41) is 0. The first-order valence-electron chi connectivity index (χ1n) is 6.39. The van der Waals surface area contributed by atoms with Crippen LogP contribution in [0.2, 0.25) is 0 Å². The summed E-state index contributed by atoms with van der Waals surface area (Å²) < 4.78 is 26.9. The fourth-order valence-corrected chi connectivity index (χ4v) is 5.23. The zero-order valence-corrected chi connectivity index (χ0v) is 12.9. The Morgan fingerprint density at radius 1 is 1.32 bits per heavy atom. The summed E-state index contributed by atoms with van der Waals surface area (Å²) in [6.07, 6.45) is 5.97. The molecular weight excluding hydrogens is 280 g/mol. The van der Waals surface area contributed by atoms with Gasteiger partial charge in [-0.15, -0.1) is 11.8 Å². The van der Waals surface area contributed by atoms with Crippen molar-refractivity contribution in [3.63, 3.8) is 0 Å². The van der Waals surface area contributed by atoms with Gasteiger partial charge >= 0.3 is 0 Å². The Balaban J connectivity index is 2.41. The average molecular weight is 300 g/mol. The van der Waals surface area contributed by atoms with E-state index in [-0.39, 0.29) is 6.04 Å². The van der Waals surface area contributed by atoms with Crippen molar-refractivity contribution in [2.24, 2.45) is 0 Å². The zero-order chi connectivity index (χ0) is 14.0. The van der Waals surface area contributed by atoms with Crippen LogP contribution >= 0.6 is 11.8 Å². The molecule has 0 aromatic heterocycles. The van der Waals surface area contributed by atoms with Crippen molar-refractivity contribution in [1.29, 1.82) is 0 Å². The molecule has 1 aliphatic rings. The quantitative estimate of drug-likeness (QED) is 0.685. The maximum Gasteiger partial charge on any atom is 0.244 e. The smallest absolute Gasteiger partial charge is 0.244 e. The molecule has 2 rings (SSSR count). The molecule has 0 saturated heterocycles. The van der Waals surface area contributed by atoms with E-state index in [1.165, 1.54) is 16.1 Å². The Labute approximate surface area is 119 Å². The summed E-state index contributed by atoms with van der Waals surface area (Å²) in [5.74, 6) is 0. The van der Waals surface area contributed by atoms with Crippen LogP contribution in [0.4, 0.5) is 5.69 Å². The van der Waals surface area contributed by atoms with E-state index in [2.05, 4.69) is 0 Å². The van der Waals surface area contributed by atoms with Crippen molar-refractivity contribution in [3.8, 4) is 0 Å². The molecule has 0 bridgehead atoms. The molecule has 0 unspecified atom stereocenters. The first-order valence-corrected chi connectivity index (χ1v) is 9.05. The van der Waals surface area contributed by atoms with Crippen molar-refractivity contribution in [1.82, 2.24) is 4.31 Å². The van der Waals surface area contributed by atoms with Gasteiger partial charge in [0.1, 0.15) is 0 Å². The summed E-state index contributed by atoms with van der Waals surface area (Å²) in [7, 11) is -1.78. The van der Waals surface area contributed by atoms with Crippen molar-refractivity contribution >= 4 is 27.5 Å². The molecule has 2 N–H and O–H groups in total. The van der Waals surface area contributed by atoms with E-state index in [4.69, 9.17) is 5.73 Å². The van der Waals surface area contributed by atoms with Crippen LogP contribution in [0.5, 0.6) is 0 Å². The molecule has 0 radical (unpaired) electrons. The van der Waals surface area contributed by atoms with Gasteiger partial charge in [0.05, 0.1) is 9.79 Å². The maximum atomic E-state index is 12.7. The largest absolute Gasteiger partial charge is 0.398 e. The number of nitrogens with two attached hydrogens (primary N) is 1. The molecule has 1 saturated carbocycles. The topological polar surface area (TPSA) is 63.4 Å². The van der Waals surface area contributed by atoms with E-state index in [1.54, 1.807) is 25.2 Å². The van der Waals surface area contributed by atoms with Crippen molar-refractivity contribution in [2.75, 3.05) is 19.0 Å². The Bertz CT molecular complexity index is 552. The van der Waals surface area contributed by atoms with E-state index in [9.17, 15) is 8.42 Å². The number of benzene rings is 1. The standard InChI is InChI=1S/C13H20N2O2S2/c1-15(10-6-3-4-7-10)19(16,17)12-9-5-8-11(14)13(12)18-2/h5,8-10H,3-4,6-7,14H2,1-2H3. The maximum absolute atomic E-state index is 12.7. The number of anilines is 1. The second kappa shape index (κ2) is 5.73. The molecule has 4 nitrogen and oxygen atoms in total. The molecular formula is C13H20N2O2S2. The molecule has 0 amide bonds. The van der Waals surface area contributed by atoms with Crippen LogP contribution in [0.15, 0.2) is 28.0 Å². The second-order valence-corrected chi connectivity index (χ2v) is 7.62. The van der Waals surface area contributed by atoms with Crippen molar-refractivity contribution in [3.05, 3.63) is 18.2 Å². The minimum Gasteiger partial charge on any atom is -0.398 e. The van der Waals surface area contributed by atoms with Gasteiger partial charge in [0.2, 0.25) is 10.0 Å². The van der Waals surface area contributed by atoms with Crippen LogP contribution in [0.1, 0.15) is 25.7 Å². The van der Waals surface area contributed by atoms with Crippen LogP contribution in [-0.4, -0.2) is 32.1 Å². The van der Waals surface area contributed by atoms with Crippen molar-refractivity contribution in [2.45, 2.75) is 41.5 Å². The minimum absolute atomic E-state index is 0.126. The van der Waals surface area contributed by atoms with Gasteiger partial charge in [-0.05, 0) is 31.2 Å². The van der Waals surface area contributed by atoms with Gasteiger partial charge in [0, 0.05) is 18.8 Å². The molecule has 1 aromatic carbocycles. The fraction of sp³-hybridized carbons (Fsp3) is 0.538. The molecule has 1 fully saturated rings. The predicted molar refractivity (Wildman–Crippen MR) is 79.8 cm³/mol. The Morgan fingerprint density at radius 2 is 1.95 bits per heavy atom. The van der Waals surface area contributed by atoms with E-state index in [0.717, 1.165) is 25.7 Å². The lowest BCUT2D eigenvalue weighted by molar-refractivity contribution is 0.372. The van der Waals surface area contributed by atoms with Gasteiger partial charge in [-0.2, -0.15) is 4.31 Å². The number of hydrogen-bond acceptors (Lipinski definition) is 4. The number of thioether (sulfide) groups is 1. The van der Waals surface area contributed by atoms with Gasteiger partial charge in [-0.3, -0.25) is 0 Å². The van der Waals surface area contributed by atoms with E-state index in [1.807, 2.05) is 6.26 Å². The predicted octanol–water partition coefficient (Wildman–Crippen LogP) is 2.55. The summed E-state index contributed by atoms with van der Waals surface area (Å²) in [6.45, 7) is 0. The number of nitrogen functional groups attached to an aromatic ring is 1. The lowest BCUT2D eigenvalue weighted by Crippen LogP contribution is -2.35. The van der Waals surface area contributed by atoms with Gasteiger partial charge in [-0.25, -0.2) is 8.42 Å². The lowest BCUT2D eigenvalue weighted by Gasteiger charge is -2.24. The second-order valence-electron chi connectivity index (χ2n) is 4.84. The molecule has 6 heteroatoms. The monoisotopic (exact) mass is 300 g/mol. The van der Waals surface area contributed by atoms with Crippen LogP contribution < -0.4 is 5.73 Å². The normalized spacial score (nSPS) is 17.2. The van der Waals surface area contributed by atoms with Crippen LogP contribution in [0.25, 0.3) is 0 Å². The minimum atomic E-state index is -3.46. The highest BCUT2D eigenvalue weighted by molar-refractivity contribution is 7.99. The number of sulfonamides is 1. The summed E-state index contributed by atoms with van der Waals surface area (Å²) in [5.41, 5.74) is 6.40. The molecule has 0 spiro atoms. The third-order valence-corrected chi connectivity index (χ3v) is 6.65. The molecule has 0 aliphatic heterocycles. The third kappa shape index (κ3) is 2.75. The summed E-state index contributed by atoms with van der Waals surface area (Å²) in [4.78, 5) is 0.974. The van der Waals surface area contributed by atoms with Crippen LogP contribution in [-0.2, 0) is 10.0 Å². The third-order valence-electron chi connectivity index (χ3n) is 3.71. The molecule has 19 heavy (non-hydrogen) atoms. The summed E-state index contributed by atoms with van der Waals surface area (Å²) in [6, 6.07) is 5.20. The highest BCUT2D eigenvalue weighted by atomic mass is 32.2. The van der Waals surface area contributed by atoms with E-state index < -0.39 is 10.0 Å². The van der Waals surface area contributed by atoms with E-state index in [0.29, 0.717) is 15.5 Å². The number of nitrogens with zero attached hydrogens (tertiary/aromatic N) is 1. The summed E-state index contributed by atoms with van der Waals surface area (Å²) >= 11 is 1.38. The lowest BCUT2D eigenvalue weighted by atomic mass is 10.3.